The topological polar surface area (TPSA) is 24.9 Å². The number of nitrogens with one attached hydrogen (secondary N) is 1. The van der Waals surface area contributed by atoms with E-state index < -0.39 is 0 Å². The van der Waals surface area contributed by atoms with Gasteiger partial charge in [-0.05, 0) is 49.1 Å². The molecule has 0 radical (unpaired) electrons. The summed E-state index contributed by atoms with van der Waals surface area (Å²) >= 11 is 0. The molecule has 0 spiro atoms. The number of hydrogen-bond donors (Lipinski definition) is 1. The molecular formula is C16H26N2. The molecule has 3 unspecified atom stereocenters. The minimum absolute atomic E-state index is 0.393. The van der Waals surface area contributed by atoms with Crippen LogP contribution in [0.25, 0.3) is 0 Å². The van der Waals surface area contributed by atoms with Crippen LogP contribution in [0.2, 0.25) is 0 Å². The SMILES string of the molecule is CC1CC(NC(C)c2cccnc2)CC(C)(C)C1. The van der Waals surface area contributed by atoms with Crippen molar-refractivity contribution in [2.75, 3.05) is 0 Å². The Balaban J connectivity index is 1.97. The molecule has 1 aliphatic carbocycles. The van der Waals surface area contributed by atoms with Crippen LogP contribution in [0.3, 0.4) is 0 Å². The molecule has 0 aromatic carbocycles. The molecule has 0 bridgehead atoms. The quantitative estimate of drug-likeness (QED) is 0.873. The van der Waals surface area contributed by atoms with Gasteiger partial charge in [-0.15, -0.1) is 0 Å². The van der Waals surface area contributed by atoms with Crippen LogP contribution in [0.4, 0.5) is 0 Å². The average Bonchev–Trinajstić information content (AvgIpc) is 2.27. The fourth-order valence-electron chi connectivity index (χ4n) is 3.55. The molecule has 1 aliphatic rings. The average molecular weight is 246 g/mol. The van der Waals surface area contributed by atoms with Crippen LogP contribution in [0.1, 0.15) is 58.6 Å². The molecule has 3 atom stereocenters. The van der Waals surface area contributed by atoms with E-state index in [4.69, 9.17) is 0 Å². The first-order valence-electron chi connectivity index (χ1n) is 7.12. The summed E-state index contributed by atoms with van der Waals surface area (Å²) < 4.78 is 0. The van der Waals surface area contributed by atoms with Gasteiger partial charge in [-0.2, -0.15) is 0 Å². The van der Waals surface area contributed by atoms with E-state index in [2.05, 4.69) is 44.1 Å². The van der Waals surface area contributed by atoms with E-state index in [9.17, 15) is 0 Å². The lowest BCUT2D eigenvalue weighted by atomic mass is 9.70. The van der Waals surface area contributed by atoms with Crippen molar-refractivity contribution in [3.63, 3.8) is 0 Å². The zero-order chi connectivity index (χ0) is 13.2. The molecule has 2 rings (SSSR count). The van der Waals surface area contributed by atoms with Gasteiger partial charge in [-0.25, -0.2) is 0 Å². The molecule has 2 heteroatoms. The lowest BCUT2D eigenvalue weighted by molar-refractivity contribution is 0.145. The van der Waals surface area contributed by atoms with Crippen molar-refractivity contribution in [1.29, 1.82) is 0 Å². The molecule has 1 aromatic heterocycles. The second kappa shape index (κ2) is 5.40. The molecule has 1 N–H and O–H groups in total. The summed E-state index contributed by atoms with van der Waals surface area (Å²) in [6, 6.07) is 5.20. The molecule has 0 amide bonds. The van der Waals surface area contributed by atoms with E-state index in [1.807, 2.05) is 18.5 Å². The van der Waals surface area contributed by atoms with E-state index in [-0.39, 0.29) is 0 Å². The summed E-state index contributed by atoms with van der Waals surface area (Å²) in [5, 5.41) is 3.78. The standard InChI is InChI=1S/C16H26N2/c1-12-8-15(10-16(3,4)9-12)18-13(2)14-6-5-7-17-11-14/h5-7,11-13,15,18H,8-10H2,1-4H3. The Morgan fingerprint density at radius 1 is 1.39 bits per heavy atom. The van der Waals surface area contributed by atoms with Crippen LogP contribution in [0, 0.1) is 11.3 Å². The molecule has 0 aliphatic heterocycles. The summed E-state index contributed by atoms with van der Waals surface area (Å²) in [6.45, 7) is 9.41. The van der Waals surface area contributed by atoms with Gasteiger partial charge in [0.25, 0.3) is 0 Å². The molecule has 1 aromatic rings. The maximum atomic E-state index is 4.20. The Morgan fingerprint density at radius 3 is 2.78 bits per heavy atom. The zero-order valence-electron chi connectivity index (χ0n) is 12.1. The first kappa shape index (κ1) is 13.5. The van der Waals surface area contributed by atoms with E-state index in [0.717, 1.165) is 5.92 Å². The minimum Gasteiger partial charge on any atom is -0.307 e. The summed E-state index contributed by atoms with van der Waals surface area (Å²) in [5.74, 6) is 0.826. The highest BCUT2D eigenvalue weighted by atomic mass is 15.0. The van der Waals surface area contributed by atoms with Gasteiger partial charge in [0, 0.05) is 24.5 Å². The Kier molecular flexibility index (Phi) is 4.06. The van der Waals surface area contributed by atoms with Crippen LogP contribution in [-0.4, -0.2) is 11.0 Å². The summed E-state index contributed by atoms with van der Waals surface area (Å²) in [5.41, 5.74) is 1.76. The number of hydrogen-bond acceptors (Lipinski definition) is 2. The first-order chi connectivity index (χ1) is 8.46. The molecule has 18 heavy (non-hydrogen) atoms. The van der Waals surface area contributed by atoms with Crippen molar-refractivity contribution < 1.29 is 0 Å². The second-order valence-corrected chi connectivity index (χ2v) is 6.78. The second-order valence-electron chi connectivity index (χ2n) is 6.78. The third-order valence-corrected chi connectivity index (χ3v) is 4.06. The van der Waals surface area contributed by atoms with E-state index in [1.54, 1.807) is 0 Å². The smallest absolute Gasteiger partial charge is 0.0315 e. The molecule has 1 saturated carbocycles. The van der Waals surface area contributed by atoms with Gasteiger partial charge >= 0.3 is 0 Å². The number of rotatable bonds is 3. The number of aromatic nitrogens is 1. The van der Waals surface area contributed by atoms with Crippen LogP contribution in [0.15, 0.2) is 24.5 Å². The highest BCUT2D eigenvalue weighted by molar-refractivity contribution is 5.13. The van der Waals surface area contributed by atoms with Crippen molar-refractivity contribution in [2.24, 2.45) is 11.3 Å². The summed E-state index contributed by atoms with van der Waals surface area (Å²) in [4.78, 5) is 4.20. The lowest BCUT2D eigenvalue weighted by Crippen LogP contribution is -2.41. The van der Waals surface area contributed by atoms with Gasteiger partial charge in [-0.1, -0.05) is 26.8 Å². The predicted octanol–water partition coefficient (Wildman–Crippen LogP) is 3.95. The van der Waals surface area contributed by atoms with Crippen molar-refractivity contribution in [2.45, 2.75) is 59.0 Å². The molecule has 1 fully saturated rings. The highest BCUT2D eigenvalue weighted by Crippen LogP contribution is 2.39. The van der Waals surface area contributed by atoms with Gasteiger partial charge < -0.3 is 5.32 Å². The summed E-state index contributed by atoms with van der Waals surface area (Å²) in [7, 11) is 0. The van der Waals surface area contributed by atoms with Gasteiger partial charge in [0.05, 0.1) is 0 Å². The summed E-state index contributed by atoms with van der Waals surface area (Å²) in [6.07, 6.45) is 7.74. The van der Waals surface area contributed by atoms with Crippen LogP contribution in [0.5, 0.6) is 0 Å². The fourth-order valence-corrected chi connectivity index (χ4v) is 3.55. The Labute approximate surface area is 111 Å². The largest absolute Gasteiger partial charge is 0.307 e. The minimum atomic E-state index is 0.393. The highest BCUT2D eigenvalue weighted by Gasteiger charge is 2.32. The van der Waals surface area contributed by atoms with Gasteiger partial charge in [-0.3, -0.25) is 4.98 Å². The predicted molar refractivity (Wildman–Crippen MR) is 76.4 cm³/mol. The Bertz CT molecular complexity index is 372. The van der Waals surface area contributed by atoms with Crippen molar-refractivity contribution >= 4 is 0 Å². The van der Waals surface area contributed by atoms with Crippen LogP contribution in [-0.2, 0) is 0 Å². The van der Waals surface area contributed by atoms with Crippen LogP contribution < -0.4 is 5.32 Å². The lowest BCUT2D eigenvalue weighted by Gasteiger charge is -2.40. The van der Waals surface area contributed by atoms with Gasteiger partial charge in [0.15, 0.2) is 0 Å². The number of nitrogens with zero attached hydrogens (tertiary/aromatic N) is 1. The van der Waals surface area contributed by atoms with E-state index in [0.29, 0.717) is 17.5 Å². The zero-order valence-corrected chi connectivity index (χ0v) is 12.1. The molecule has 0 saturated heterocycles. The molecular weight excluding hydrogens is 220 g/mol. The van der Waals surface area contributed by atoms with Crippen molar-refractivity contribution in [3.8, 4) is 0 Å². The first-order valence-corrected chi connectivity index (χ1v) is 7.12. The third-order valence-electron chi connectivity index (χ3n) is 4.06. The van der Waals surface area contributed by atoms with Gasteiger partial charge in [0.1, 0.15) is 0 Å². The van der Waals surface area contributed by atoms with E-state index in [1.165, 1.54) is 24.8 Å². The normalized spacial score (nSPS) is 28.9. The van der Waals surface area contributed by atoms with Crippen molar-refractivity contribution in [1.82, 2.24) is 10.3 Å². The van der Waals surface area contributed by atoms with Crippen LogP contribution >= 0.6 is 0 Å². The number of pyridine rings is 1. The maximum Gasteiger partial charge on any atom is 0.0315 e. The van der Waals surface area contributed by atoms with E-state index >= 15 is 0 Å². The monoisotopic (exact) mass is 246 g/mol. The third kappa shape index (κ3) is 3.55. The fraction of sp³-hybridized carbons (Fsp3) is 0.688. The Hall–Kier alpha value is -0.890. The molecule has 2 nitrogen and oxygen atoms in total. The maximum absolute atomic E-state index is 4.20. The van der Waals surface area contributed by atoms with Crippen molar-refractivity contribution in [3.05, 3.63) is 30.1 Å². The molecule has 100 valence electrons. The Morgan fingerprint density at radius 2 is 2.17 bits per heavy atom. The van der Waals surface area contributed by atoms with Gasteiger partial charge in [0.2, 0.25) is 0 Å². The molecule has 1 heterocycles.